The van der Waals surface area contributed by atoms with Crippen molar-refractivity contribution in [2.45, 2.75) is 25.2 Å². The first kappa shape index (κ1) is 11.6. The SMILES string of the molecule is C=CS(=O)(=O)NCC(F)(F)CC1CC1. The quantitative estimate of drug-likeness (QED) is 0.744. The number of halogens is 2. The molecule has 0 aromatic heterocycles. The first-order valence-electron chi connectivity index (χ1n) is 4.34. The largest absolute Gasteiger partial charge is 0.261 e. The van der Waals surface area contributed by atoms with Crippen molar-refractivity contribution >= 4 is 10.0 Å². The van der Waals surface area contributed by atoms with Gasteiger partial charge in [-0.1, -0.05) is 6.58 Å². The molecule has 82 valence electrons. The van der Waals surface area contributed by atoms with Crippen molar-refractivity contribution < 1.29 is 17.2 Å². The number of hydrogen-bond acceptors (Lipinski definition) is 2. The van der Waals surface area contributed by atoms with Crippen LogP contribution in [0.4, 0.5) is 8.78 Å². The third-order valence-electron chi connectivity index (χ3n) is 2.04. The van der Waals surface area contributed by atoms with Crippen LogP contribution in [0.3, 0.4) is 0 Å². The molecule has 1 N–H and O–H groups in total. The van der Waals surface area contributed by atoms with Gasteiger partial charge in [0.05, 0.1) is 6.54 Å². The van der Waals surface area contributed by atoms with E-state index in [1.165, 1.54) is 0 Å². The van der Waals surface area contributed by atoms with Crippen LogP contribution in [-0.2, 0) is 10.0 Å². The van der Waals surface area contributed by atoms with E-state index in [9.17, 15) is 17.2 Å². The molecule has 0 spiro atoms. The van der Waals surface area contributed by atoms with Gasteiger partial charge in [-0.25, -0.2) is 21.9 Å². The highest BCUT2D eigenvalue weighted by Gasteiger charge is 2.37. The Kier molecular flexibility index (Phi) is 3.26. The minimum atomic E-state index is -3.73. The fourth-order valence-electron chi connectivity index (χ4n) is 1.08. The number of rotatable bonds is 6. The molecular weight excluding hydrogens is 212 g/mol. The van der Waals surface area contributed by atoms with Gasteiger partial charge in [0.25, 0.3) is 5.92 Å². The third kappa shape index (κ3) is 4.15. The molecule has 0 aromatic carbocycles. The predicted octanol–water partition coefficient (Wildman–Crippen LogP) is 1.48. The molecule has 0 aromatic rings. The highest BCUT2D eigenvalue weighted by Crippen LogP contribution is 2.38. The molecule has 1 aliphatic carbocycles. The van der Waals surface area contributed by atoms with Crippen molar-refractivity contribution in [1.82, 2.24) is 4.72 Å². The molecule has 0 aliphatic heterocycles. The molecule has 0 heterocycles. The normalized spacial score (nSPS) is 18.1. The topological polar surface area (TPSA) is 46.2 Å². The van der Waals surface area contributed by atoms with E-state index < -0.39 is 22.5 Å². The lowest BCUT2D eigenvalue weighted by Crippen LogP contribution is -2.35. The molecular formula is C8H13F2NO2S. The lowest BCUT2D eigenvalue weighted by atomic mass is 10.2. The number of sulfonamides is 1. The van der Waals surface area contributed by atoms with Crippen LogP contribution in [0.25, 0.3) is 0 Å². The van der Waals surface area contributed by atoms with E-state index in [-0.39, 0.29) is 12.3 Å². The van der Waals surface area contributed by atoms with Gasteiger partial charge < -0.3 is 0 Å². The molecule has 0 amide bonds. The summed E-state index contributed by atoms with van der Waals surface area (Å²) in [6.45, 7) is 2.18. The van der Waals surface area contributed by atoms with E-state index in [0.717, 1.165) is 12.8 Å². The maximum Gasteiger partial charge on any atom is 0.261 e. The number of nitrogens with one attached hydrogen (secondary N) is 1. The number of alkyl halides is 2. The summed E-state index contributed by atoms with van der Waals surface area (Å²) < 4.78 is 49.4. The third-order valence-corrected chi connectivity index (χ3v) is 3.02. The molecule has 0 atom stereocenters. The fourth-order valence-corrected chi connectivity index (χ4v) is 1.61. The molecule has 0 saturated heterocycles. The molecule has 0 unspecified atom stereocenters. The van der Waals surface area contributed by atoms with Gasteiger partial charge in [0.2, 0.25) is 10.0 Å². The van der Waals surface area contributed by atoms with Crippen LogP contribution in [0.15, 0.2) is 12.0 Å². The van der Waals surface area contributed by atoms with Crippen LogP contribution >= 0.6 is 0 Å². The monoisotopic (exact) mass is 225 g/mol. The van der Waals surface area contributed by atoms with Crippen LogP contribution in [0.5, 0.6) is 0 Å². The second-order valence-corrected chi connectivity index (χ2v) is 5.25. The minimum Gasteiger partial charge on any atom is -0.208 e. The zero-order valence-electron chi connectivity index (χ0n) is 7.67. The lowest BCUT2D eigenvalue weighted by molar-refractivity contribution is -0.00681. The Morgan fingerprint density at radius 2 is 2.07 bits per heavy atom. The van der Waals surface area contributed by atoms with Gasteiger partial charge in [0.15, 0.2) is 0 Å². The van der Waals surface area contributed by atoms with Crippen LogP contribution < -0.4 is 4.72 Å². The van der Waals surface area contributed by atoms with E-state index >= 15 is 0 Å². The Bertz CT molecular complexity index is 309. The average molecular weight is 225 g/mol. The molecule has 14 heavy (non-hydrogen) atoms. The van der Waals surface area contributed by atoms with Crippen molar-refractivity contribution in [3.8, 4) is 0 Å². The van der Waals surface area contributed by atoms with Gasteiger partial charge in [0, 0.05) is 11.8 Å². The molecule has 0 bridgehead atoms. The maximum absolute atomic E-state index is 13.0. The second kappa shape index (κ2) is 3.94. The summed E-state index contributed by atoms with van der Waals surface area (Å²) in [7, 11) is -3.73. The molecule has 1 rings (SSSR count). The minimum absolute atomic E-state index is 0.0678. The van der Waals surface area contributed by atoms with Crippen molar-refractivity contribution in [1.29, 1.82) is 0 Å². The standard InChI is InChI=1S/C8H13F2NO2S/c1-2-14(12,13)11-6-8(9,10)5-7-3-4-7/h2,7,11H,1,3-6H2. The molecule has 1 fully saturated rings. The van der Waals surface area contributed by atoms with E-state index in [1.807, 2.05) is 0 Å². The van der Waals surface area contributed by atoms with E-state index in [1.54, 1.807) is 4.72 Å². The molecule has 0 radical (unpaired) electrons. The maximum atomic E-state index is 13.0. The van der Waals surface area contributed by atoms with Crippen LogP contribution in [0.1, 0.15) is 19.3 Å². The number of hydrogen-bond donors (Lipinski definition) is 1. The summed E-state index contributed by atoms with van der Waals surface area (Å²) in [5, 5.41) is 0.625. The van der Waals surface area contributed by atoms with E-state index in [0.29, 0.717) is 5.41 Å². The highest BCUT2D eigenvalue weighted by atomic mass is 32.2. The zero-order chi connectivity index (χ0) is 10.8. The molecule has 6 heteroatoms. The van der Waals surface area contributed by atoms with Crippen LogP contribution in [0.2, 0.25) is 0 Å². The van der Waals surface area contributed by atoms with Gasteiger partial charge in [-0.3, -0.25) is 0 Å². The Morgan fingerprint density at radius 1 is 1.50 bits per heavy atom. The molecule has 1 saturated carbocycles. The first-order chi connectivity index (χ1) is 6.35. The first-order valence-corrected chi connectivity index (χ1v) is 5.89. The second-order valence-electron chi connectivity index (χ2n) is 3.54. The lowest BCUT2D eigenvalue weighted by Gasteiger charge is -2.15. The average Bonchev–Trinajstić information content (AvgIpc) is 2.85. The van der Waals surface area contributed by atoms with Crippen molar-refractivity contribution in [3.63, 3.8) is 0 Å². The van der Waals surface area contributed by atoms with Crippen molar-refractivity contribution in [3.05, 3.63) is 12.0 Å². The van der Waals surface area contributed by atoms with Crippen LogP contribution in [0, 0.1) is 5.92 Å². The van der Waals surface area contributed by atoms with Crippen molar-refractivity contribution in [2.24, 2.45) is 5.92 Å². The fraction of sp³-hybridized carbons (Fsp3) is 0.750. The van der Waals surface area contributed by atoms with E-state index in [4.69, 9.17) is 0 Å². The van der Waals surface area contributed by atoms with Crippen molar-refractivity contribution in [2.75, 3.05) is 6.54 Å². The van der Waals surface area contributed by atoms with E-state index in [2.05, 4.69) is 6.58 Å². The van der Waals surface area contributed by atoms with Gasteiger partial charge >= 0.3 is 0 Å². The van der Waals surface area contributed by atoms with Gasteiger partial charge in [-0.2, -0.15) is 0 Å². The summed E-state index contributed by atoms with van der Waals surface area (Å²) in [5.74, 6) is -2.88. The summed E-state index contributed by atoms with van der Waals surface area (Å²) in [5.41, 5.74) is 0. The smallest absolute Gasteiger partial charge is 0.208 e. The molecule has 3 nitrogen and oxygen atoms in total. The summed E-state index contributed by atoms with van der Waals surface area (Å²) in [4.78, 5) is 0. The zero-order valence-corrected chi connectivity index (χ0v) is 8.49. The highest BCUT2D eigenvalue weighted by molar-refractivity contribution is 7.92. The Balaban J connectivity index is 2.38. The summed E-state index contributed by atoms with van der Waals surface area (Å²) in [6, 6.07) is 0. The van der Waals surface area contributed by atoms with Crippen LogP contribution in [-0.4, -0.2) is 20.9 Å². The predicted molar refractivity (Wildman–Crippen MR) is 49.4 cm³/mol. The Hall–Kier alpha value is -0.490. The Morgan fingerprint density at radius 3 is 2.50 bits per heavy atom. The summed E-state index contributed by atoms with van der Waals surface area (Å²) >= 11 is 0. The van der Waals surface area contributed by atoms with Gasteiger partial charge in [0.1, 0.15) is 0 Å². The van der Waals surface area contributed by atoms with Gasteiger partial charge in [-0.05, 0) is 18.8 Å². The Labute approximate surface area is 82.2 Å². The van der Waals surface area contributed by atoms with Gasteiger partial charge in [-0.15, -0.1) is 0 Å². The molecule has 1 aliphatic rings. The summed E-state index contributed by atoms with van der Waals surface area (Å²) in [6.07, 6.45) is 1.42.